The highest BCUT2D eigenvalue weighted by Crippen LogP contribution is 2.10. The van der Waals surface area contributed by atoms with Crippen molar-refractivity contribution >= 4 is 5.97 Å². The van der Waals surface area contributed by atoms with Gasteiger partial charge in [0.2, 0.25) is 0 Å². The number of hydrogen-bond donors (Lipinski definition) is 1. The molecule has 3 nitrogen and oxygen atoms in total. The second kappa shape index (κ2) is 5.66. The highest BCUT2D eigenvalue weighted by Gasteiger charge is 2.13. The molecule has 0 spiro atoms. The average molecular weight is 221 g/mol. The van der Waals surface area contributed by atoms with Crippen LogP contribution in [-0.2, 0) is 11.3 Å². The fourth-order valence-corrected chi connectivity index (χ4v) is 1.66. The molecule has 1 aromatic rings. The zero-order valence-corrected chi connectivity index (χ0v) is 10.1. The van der Waals surface area contributed by atoms with Gasteiger partial charge in [0.25, 0.3) is 0 Å². The molecule has 0 heterocycles. The predicted octanol–water partition coefficient (Wildman–Crippen LogP) is 2.29. The summed E-state index contributed by atoms with van der Waals surface area (Å²) in [4.78, 5) is 12.7. The molecule has 0 fully saturated rings. The maximum Gasteiger partial charge on any atom is 0.304 e. The van der Waals surface area contributed by atoms with Gasteiger partial charge in [-0.15, -0.1) is 0 Å². The van der Waals surface area contributed by atoms with Crippen LogP contribution in [0.1, 0.15) is 24.5 Å². The second-order valence-corrected chi connectivity index (χ2v) is 4.35. The van der Waals surface area contributed by atoms with Crippen molar-refractivity contribution < 1.29 is 9.90 Å². The van der Waals surface area contributed by atoms with E-state index in [0.29, 0.717) is 0 Å². The molecule has 0 saturated heterocycles. The van der Waals surface area contributed by atoms with Crippen LogP contribution in [0.4, 0.5) is 0 Å². The average Bonchev–Trinajstić information content (AvgIpc) is 2.16. The Bertz CT molecular complexity index is 363. The number of carboxylic acid groups (broad SMARTS) is 1. The van der Waals surface area contributed by atoms with Crippen LogP contribution in [-0.4, -0.2) is 29.1 Å². The molecule has 1 N–H and O–H groups in total. The summed E-state index contributed by atoms with van der Waals surface area (Å²) in [5.41, 5.74) is 2.46. The fraction of sp³-hybridized carbons (Fsp3) is 0.462. The van der Waals surface area contributed by atoms with Crippen molar-refractivity contribution in [2.45, 2.75) is 32.9 Å². The molecule has 0 saturated carbocycles. The first-order valence-corrected chi connectivity index (χ1v) is 5.46. The summed E-state index contributed by atoms with van der Waals surface area (Å²) in [5, 5.41) is 8.72. The van der Waals surface area contributed by atoms with Gasteiger partial charge in [-0.2, -0.15) is 0 Å². The van der Waals surface area contributed by atoms with Gasteiger partial charge in [0.05, 0.1) is 6.42 Å². The van der Waals surface area contributed by atoms with Gasteiger partial charge in [-0.3, -0.25) is 9.69 Å². The first-order chi connectivity index (χ1) is 7.49. The Kier molecular flexibility index (Phi) is 4.50. The molecular formula is C13H19NO2. The van der Waals surface area contributed by atoms with E-state index in [4.69, 9.17) is 5.11 Å². The molecular weight excluding hydrogens is 202 g/mol. The Morgan fingerprint density at radius 1 is 1.50 bits per heavy atom. The number of aryl methyl sites for hydroxylation is 1. The molecule has 88 valence electrons. The standard InChI is InChI=1S/C13H19NO2/c1-10-5-4-6-12(7-10)9-14(3)11(2)8-13(15)16/h4-7,11H,8-9H2,1-3H3,(H,15,16). The van der Waals surface area contributed by atoms with E-state index in [9.17, 15) is 4.79 Å². The summed E-state index contributed by atoms with van der Waals surface area (Å²) in [6.07, 6.45) is 0.183. The lowest BCUT2D eigenvalue weighted by Crippen LogP contribution is -2.30. The molecule has 3 heteroatoms. The van der Waals surface area contributed by atoms with Gasteiger partial charge in [0, 0.05) is 12.6 Å². The smallest absolute Gasteiger partial charge is 0.304 e. The number of rotatable bonds is 5. The van der Waals surface area contributed by atoms with E-state index in [-0.39, 0.29) is 12.5 Å². The Morgan fingerprint density at radius 3 is 2.75 bits per heavy atom. The minimum atomic E-state index is -0.747. The second-order valence-electron chi connectivity index (χ2n) is 4.35. The van der Waals surface area contributed by atoms with Gasteiger partial charge in [-0.1, -0.05) is 29.8 Å². The molecule has 0 radical (unpaired) electrons. The van der Waals surface area contributed by atoms with Crippen molar-refractivity contribution in [3.8, 4) is 0 Å². The van der Waals surface area contributed by atoms with Gasteiger partial charge in [-0.25, -0.2) is 0 Å². The van der Waals surface area contributed by atoms with Crippen LogP contribution in [0.5, 0.6) is 0 Å². The molecule has 16 heavy (non-hydrogen) atoms. The van der Waals surface area contributed by atoms with E-state index in [2.05, 4.69) is 30.0 Å². The van der Waals surface area contributed by atoms with Crippen LogP contribution < -0.4 is 0 Å². The minimum absolute atomic E-state index is 0.0537. The topological polar surface area (TPSA) is 40.5 Å². The SMILES string of the molecule is Cc1cccc(CN(C)C(C)CC(=O)O)c1. The third-order valence-corrected chi connectivity index (χ3v) is 2.74. The summed E-state index contributed by atoms with van der Waals surface area (Å²) in [5.74, 6) is -0.747. The molecule has 0 amide bonds. The third kappa shape index (κ3) is 4.03. The van der Waals surface area contributed by atoms with E-state index in [1.54, 1.807) is 0 Å². The number of hydrogen-bond acceptors (Lipinski definition) is 2. The van der Waals surface area contributed by atoms with Crippen molar-refractivity contribution in [2.75, 3.05) is 7.05 Å². The number of carboxylic acids is 1. The quantitative estimate of drug-likeness (QED) is 0.829. The van der Waals surface area contributed by atoms with Crippen LogP contribution in [0.2, 0.25) is 0 Å². The highest BCUT2D eigenvalue weighted by atomic mass is 16.4. The number of benzene rings is 1. The lowest BCUT2D eigenvalue weighted by molar-refractivity contribution is -0.138. The van der Waals surface area contributed by atoms with Crippen molar-refractivity contribution in [1.82, 2.24) is 4.90 Å². The lowest BCUT2D eigenvalue weighted by atomic mass is 10.1. The lowest BCUT2D eigenvalue weighted by Gasteiger charge is -2.23. The van der Waals surface area contributed by atoms with Gasteiger partial charge in [0.15, 0.2) is 0 Å². The van der Waals surface area contributed by atoms with E-state index < -0.39 is 5.97 Å². The van der Waals surface area contributed by atoms with Crippen LogP contribution in [0.3, 0.4) is 0 Å². The first kappa shape index (κ1) is 12.7. The molecule has 1 rings (SSSR count). The van der Waals surface area contributed by atoms with Gasteiger partial charge in [0.1, 0.15) is 0 Å². The van der Waals surface area contributed by atoms with Crippen LogP contribution in [0.15, 0.2) is 24.3 Å². The van der Waals surface area contributed by atoms with E-state index >= 15 is 0 Å². The normalized spacial score (nSPS) is 12.8. The zero-order chi connectivity index (χ0) is 12.1. The Hall–Kier alpha value is -1.35. The maximum atomic E-state index is 10.6. The number of carbonyl (C=O) groups is 1. The van der Waals surface area contributed by atoms with Gasteiger partial charge >= 0.3 is 5.97 Å². The van der Waals surface area contributed by atoms with Gasteiger partial charge < -0.3 is 5.11 Å². The monoisotopic (exact) mass is 221 g/mol. The van der Waals surface area contributed by atoms with Crippen molar-refractivity contribution in [1.29, 1.82) is 0 Å². The number of nitrogens with zero attached hydrogens (tertiary/aromatic N) is 1. The summed E-state index contributed by atoms with van der Waals surface area (Å²) in [6, 6.07) is 8.34. The van der Waals surface area contributed by atoms with Crippen LogP contribution in [0.25, 0.3) is 0 Å². The van der Waals surface area contributed by atoms with Crippen molar-refractivity contribution in [3.63, 3.8) is 0 Å². The fourth-order valence-electron chi connectivity index (χ4n) is 1.66. The highest BCUT2D eigenvalue weighted by molar-refractivity contribution is 5.67. The van der Waals surface area contributed by atoms with E-state index in [1.807, 2.05) is 20.0 Å². The molecule has 1 unspecified atom stereocenters. The predicted molar refractivity (Wildman–Crippen MR) is 64.4 cm³/mol. The number of aliphatic carboxylic acids is 1. The maximum absolute atomic E-state index is 10.6. The molecule has 0 bridgehead atoms. The van der Waals surface area contributed by atoms with Crippen molar-refractivity contribution in [3.05, 3.63) is 35.4 Å². The molecule has 0 aliphatic rings. The minimum Gasteiger partial charge on any atom is -0.481 e. The van der Waals surface area contributed by atoms with E-state index in [0.717, 1.165) is 6.54 Å². The summed E-state index contributed by atoms with van der Waals surface area (Å²) < 4.78 is 0. The molecule has 1 aromatic carbocycles. The Labute approximate surface area is 96.7 Å². The van der Waals surface area contributed by atoms with E-state index in [1.165, 1.54) is 11.1 Å². The molecule has 0 aliphatic carbocycles. The largest absolute Gasteiger partial charge is 0.481 e. The van der Waals surface area contributed by atoms with Gasteiger partial charge in [-0.05, 0) is 26.5 Å². The molecule has 0 aromatic heterocycles. The summed E-state index contributed by atoms with van der Waals surface area (Å²) >= 11 is 0. The first-order valence-electron chi connectivity index (χ1n) is 5.46. The third-order valence-electron chi connectivity index (χ3n) is 2.74. The van der Waals surface area contributed by atoms with Crippen LogP contribution in [0, 0.1) is 6.92 Å². The molecule has 0 aliphatic heterocycles. The Balaban J connectivity index is 2.56. The van der Waals surface area contributed by atoms with Crippen LogP contribution >= 0.6 is 0 Å². The summed E-state index contributed by atoms with van der Waals surface area (Å²) in [7, 11) is 1.95. The Morgan fingerprint density at radius 2 is 2.19 bits per heavy atom. The van der Waals surface area contributed by atoms with Crippen molar-refractivity contribution in [2.24, 2.45) is 0 Å². The zero-order valence-electron chi connectivity index (χ0n) is 10.1. The molecule has 1 atom stereocenters. The summed E-state index contributed by atoms with van der Waals surface area (Å²) in [6.45, 7) is 4.78.